The van der Waals surface area contributed by atoms with E-state index in [2.05, 4.69) is 4.98 Å². The Balaban J connectivity index is 1.94. The molecule has 1 aliphatic heterocycles. The van der Waals surface area contributed by atoms with E-state index < -0.39 is 10.0 Å². The van der Waals surface area contributed by atoms with Crippen LogP contribution in [-0.4, -0.2) is 24.8 Å². The molecule has 2 aromatic rings. The molecule has 0 saturated carbocycles. The van der Waals surface area contributed by atoms with Crippen LogP contribution in [0.1, 0.15) is 39.1 Å². The molecular weight excluding hydrogens is 360 g/mol. The molecular formula is C21H26N2O3S. The number of pyridine rings is 1. The number of fused-ring (bicyclic) bond motifs is 1. The van der Waals surface area contributed by atoms with Crippen LogP contribution in [0.15, 0.2) is 48.5 Å². The topological polar surface area (TPSA) is 59.5 Å². The Bertz CT molecular complexity index is 935. The van der Waals surface area contributed by atoms with Gasteiger partial charge in [0.2, 0.25) is 10.0 Å². The van der Waals surface area contributed by atoms with Crippen LogP contribution in [0.5, 0.6) is 5.75 Å². The molecule has 0 unspecified atom stereocenters. The summed E-state index contributed by atoms with van der Waals surface area (Å²) in [5, 5.41) is 0. The number of sulfonamides is 1. The van der Waals surface area contributed by atoms with Gasteiger partial charge in [0.15, 0.2) is 0 Å². The highest BCUT2D eigenvalue weighted by Crippen LogP contribution is 2.30. The van der Waals surface area contributed by atoms with Gasteiger partial charge in [-0.3, -0.25) is 4.31 Å². The maximum Gasteiger partial charge on any atom is 0.235 e. The van der Waals surface area contributed by atoms with Crippen LogP contribution in [0, 0.1) is 5.92 Å². The molecule has 6 heteroatoms. The quantitative estimate of drug-likeness (QED) is 0.744. The number of anilines is 1. The van der Waals surface area contributed by atoms with Gasteiger partial charge in [-0.2, -0.15) is 0 Å². The molecule has 0 N–H and O–H groups in total. The molecule has 0 fully saturated rings. The number of ether oxygens (including phenoxy) is 1. The standard InChI is InChI=1S/C21H26N2O3S/c1-16(2)15-27(24,25)23(18-8-6-5-7-9-18)14-17-10-11-20-19(22-17)12-13-21(3,4)26-20/h5-13,16H,14-15H2,1-4H3. The zero-order valence-electron chi connectivity index (χ0n) is 16.2. The minimum atomic E-state index is -3.47. The average molecular weight is 387 g/mol. The van der Waals surface area contributed by atoms with Crippen molar-refractivity contribution in [3.63, 3.8) is 0 Å². The molecule has 5 nitrogen and oxygen atoms in total. The fourth-order valence-electron chi connectivity index (χ4n) is 3.00. The molecule has 0 bridgehead atoms. The van der Waals surface area contributed by atoms with Gasteiger partial charge in [0, 0.05) is 0 Å². The normalized spacial score (nSPS) is 15.3. The monoisotopic (exact) mass is 386 g/mol. The van der Waals surface area contributed by atoms with Crippen LogP contribution < -0.4 is 9.04 Å². The number of benzene rings is 1. The third kappa shape index (κ3) is 4.69. The van der Waals surface area contributed by atoms with E-state index in [0.717, 1.165) is 5.69 Å². The van der Waals surface area contributed by atoms with Crippen molar-refractivity contribution in [1.82, 2.24) is 4.98 Å². The number of rotatable bonds is 6. The predicted octanol–water partition coefficient (Wildman–Crippen LogP) is 4.26. The molecule has 0 saturated heterocycles. The lowest BCUT2D eigenvalue weighted by atomic mass is 10.1. The molecule has 3 rings (SSSR count). The van der Waals surface area contributed by atoms with E-state index in [-0.39, 0.29) is 23.8 Å². The highest BCUT2D eigenvalue weighted by Gasteiger charge is 2.26. The van der Waals surface area contributed by atoms with Gasteiger partial charge < -0.3 is 4.74 Å². The molecule has 27 heavy (non-hydrogen) atoms. The van der Waals surface area contributed by atoms with Gasteiger partial charge in [0.1, 0.15) is 17.0 Å². The van der Waals surface area contributed by atoms with E-state index in [1.165, 1.54) is 4.31 Å². The summed E-state index contributed by atoms with van der Waals surface area (Å²) in [6, 6.07) is 12.9. The van der Waals surface area contributed by atoms with Crippen molar-refractivity contribution in [2.45, 2.75) is 39.8 Å². The first-order chi connectivity index (χ1) is 12.7. The van der Waals surface area contributed by atoms with Gasteiger partial charge in [0.05, 0.1) is 23.7 Å². The number of aromatic nitrogens is 1. The number of hydrogen-bond donors (Lipinski definition) is 0. The zero-order chi connectivity index (χ0) is 19.7. The second kappa shape index (κ2) is 7.35. The maximum atomic E-state index is 13.0. The van der Waals surface area contributed by atoms with E-state index >= 15 is 0 Å². The average Bonchev–Trinajstić information content (AvgIpc) is 2.58. The Labute approximate surface area is 161 Å². The fraction of sp³-hybridized carbons (Fsp3) is 0.381. The highest BCUT2D eigenvalue weighted by molar-refractivity contribution is 7.92. The Morgan fingerprint density at radius 3 is 2.48 bits per heavy atom. The van der Waals surface area contributed by atoms with Gasteiger partial charge in [0.25, 0.3) is 0 Å². The van der Waals surface area contributed by atoms with Crippen LogP contribution in [0.2, 0.25) is 0 Å². The molecule has 0 atom stereocenters. The first kappa shape index (κ1) is 19.4. The van der Waals surface area contributed by atoms with E-state index in [1.807, 2.05) is 82.3 Å². The second-order valence-electron chi connectivity index (χ2n) is 7.74. The van der Waals surface area contributed by atoms with Crippen LogP contribution >= 0.6 is 0 Å². The van der Waals surface area contributed by atoms with Gasteiger partial charge in [-0.1, -0.05) is 32.0 Å². The molecule has 144 valence electrons. The van der Waals surface area contributed by atoms with Gasteiger partial charge >= 0.3 is 0 Å². The van der Waals surface area contributed by atoms with Crippen molar-refractivity contribution in [3.8, 4) is 5.75 Å². The Kier molecular flexibility index (Phi) is 5.29. The van der Waals surface area contributed by atoms with Crippen molar-refractivity contribution in [2.75, 3.05) is 10.1 Å². The predicted molar refractivity (Wildman–Crippen MR) is 109 cm³/mol. The first-order valence-electron chi connectivity index (χ1n) is 9.10. The summed E-state index contributed by atoms with van der Waals surface area (Å²) in [6.45, 7) is 7.96. The van der Waals surface area contributed by atoms with Gasteiger partial charge in [-0.25, -0.2) is 13.4 Å². The Hall–Kier alpha value is -2.34. The fourth-order valence-corrected chi connectivity index (χ4v) is 4.79. The van der Waals surface area contributed by atoms with Crippen LogP contribution in [0.4, 0.5) is 5.69 Å². The molecule has 0 aliphatic carbocycles. The largest absolute Gasteiger partial charge is 0.482 e. The van der Waals surface area contributed by atoms with Crippen molar-refractivity contribution >= 4 is 21.8 Å². The van der Waals surface area contributed by atoms with Crippen molar-refractivity contribution in [3.05, 3.63) is 59.9 Å². The SMILES string of the molecule is CC(C)CS(=O)(=O)N(Cc1ccc2c(n1)C=CC(C)(C)O2)c1ccccc1. The van der Waals surface area contributed by atoms with E-state index in [9.17, 15) is 8.42 Å². The van der Waals surface area contributed by atoms with Gasteiger partial charge in [-0.05, 0) is 56.2 Å². The third-order valence-electron chi connectivity index (χ3n) is 4.19. The molecule has 1 aliphatic rings. The summed E-state index contributed by atoms with van der Waals surface area (Å²) < 4.78 is 33.3. The third-order valence-corrected chi connectivity index (χ3v) is 6.29. The second-order valence-corrected chi connectivity index (χ2v) is 9.68. The summed E-state index contributed by atoms with van der Waals surface area (Å²) >= 11 is 0. The summed E-state index contributed by atoms with van der Waals surface area (Å²) in [7, 11) is -3.47. The lowest BCUT2D eigenvalue weighted by Crippen LogP contribution is -2.34. The molecule has 2 heterocycles. The Morgan fingerprint density at radius 1 is 1.11 bits per heavy atom. The maximum absolute atomic E-state index is 13.0. The molecule has 1 aromatic heterocycles. The minimum Gasteiger partial charge on any atom is -0.482 e. The van der Waals surface area contributed by atoms with Crippen LogP contribution in [0.25, 0.3) is 6.08 Å². The minimum absolute atomic E-state index is 0.0382. The van der Waals surface area contributed by atoms with Crippen LogP contribution in [-0.2, 0) is 16.6 Å². The Morgan fingerprint density at radius 2 is 1.81 bits per heavy atom. The number of para-hydroxylation sites is 1. The summed E-state index contributed by atoms with van der Waals surface area (Å²) in [6.07, 6.45) is 3.88. The van der Waals surface area contributed by atoms with Crippen molar-refractivity contribution in [2.24, 2.45) is 5.92 Å². The zero-order valence-corrected chi connectivity index (χ0v) is 17.0. The molecule has 0 radical (unpaired) electrons. The van der Waals surface area contributed by atoms with E-state index in [1.54, 1.807) is 0 Å². The van der Waals surface area contributed by atoms with E-state index in [0.29, 0.717) is 17.1 Å². The molecule has 0 spiro atoms. The first-order valence-corrected chi connectivity index (χ1v) is 10.7. The number of nitrogens with zero attached hydrogens (tertiary/aromatic N) is 2. The van der Waals surface area contributed by atoms with Crippen LogP contribution in [0.3, 0.4) is 0 Å². The van der Waals surface area contributed by atoms with E-state index in [4.69, 9.17) is 4.74 Å². The highest BCUT2D eigenvalue weighted by atomic mass is 32.2. The summed E-state index contributed by atoms with van der Waals surface area (Å²) in [4.78, 5) is 4.62. The molecule has 0 amide bonds. The van der Waals surface area contributed by atoms with Crippen molar-refractivity contribution in [1.29, 1.82) is 0 Å². The number of hydrogen-bond acceptors (Lipinski definition) is 4. The van der Waals surface area contributed by atoms with Crippen molar-refractivity contribution < 1.29 is 13.2 Å². The smallest absolute Gasteiger partial charge is 0.235 e. The van der Waals surface area contributed by atoms with Gasteiger partial charge in [-0.15, -0.1) is 0 Å². The summed E-state index contributed by atoms with van der Waals surface area (Å²) in [5.74, 6) is 0.836. The lowest BCUT2D eigenvalue weighted by molar-refractivity contribution is 0.158. The molecule has 1 aromatic carbocycles. The summed E-state index contributed by atoms with van der Waals surface area (Å²) in [5.41, 5.74) is 1.68. The lowest BCUT2D eigenvalue weighted by Gasteiger charge is -2.28.